The minimum absolute atomic E-state index is 0.0315. The highest BCUT2D eigenvalue weighted by Crippen LogP contribution is 2.17. The smallest absolute Gasteiger partial charge is 0.408 e. The van der Waals surface area contributed by atoms with Crippen molar-refractivity contribution in [3.63, 3.8) is 0 Å². The average molecular weight is 416 g/mol. The molecule has 1 aromatic rings. The maximum absolute atomic E-state index is 12.6. The van der Waals surface area contributed by atoms with Crippen LogP contribution in [0.25, 0.3) is 0 Å². The predicted octanol–water partition coefficient (Wildman–Crippen LogP) is 1.74. The molecule has 1 fully saturated rings. The van der Waals surface area contributed by atoms with E-state index in [1.165, 1.54) is 0 Å². The van der Waals surface area contributed by atoms with Gasteiger partial charge < -0.3 is 19.6 Å². The zero-order chi connectivity index (χ0) is 22.3. The first kappa shape index (κ1) is 22.7. The lowest BCUT2D eigenvalue weighted by molar-refractivity contribution is -0.198. The Morgan fingerprint density at radius 2 is 1.77 bits per heavy atom. The number of carbonyl (C=O) groups is 4. The van der Waals surface area contributed by atoms with Crippen molar-refractivity contribution in [2.45, 2.75) is 51.7 Å². The van der Waals surface area contributed by atoms with E-state index in [1.54, 1.807) is 45.0 Å². The van der Waals surface area contributed by atoms with Crippen LogP contribution in [0.4, 0.5) is 4.79 Å². The van der Waals surface area contributed by atoms with E-state index in [0.717, 1.165) is 0 Å². The van der Waals surface area contributed by atoms with Crippen molar-refractivity contribution in [1.82, 2.24) is 10.4 Å². The van der Waals surface area contributed by atoms with Crippen LogP contribution >= 0.6 is 0 Å². The number of terminal acetylenes is 1. The molecule has 0 aliphatic carbocycles. The van der Waals surface area contributed by atoms with Crippen molar-refractivity contribution >= 4 is 23.9 Å². The Labute approximate surface area is 174 Å². The fourth-order valence-corrected chi connectivity index (χ4v) is 2.54. The fraction of sp³-hybridized carbons (Fsp3) is 0.429. The molecule has 0 saturated carbocycles. The highest BCUT2D eigenvalue weighted by Gasteiger charge is 2.35. The summed E-state index contributed by atoms with van der Waals surface area (Å²) < 4.78 is 10.5. The van der Waals surface area contributed by atoms with E-state index in [9.17, 15) is 19.2 Å². The Kier molecular flexibility index (Phi) is 7.42. The van der Waals surface area contributed by atoms with Crippen molar-refractivity contribution in [3.8, 4) is 18.1 Å². The summed E-state index contributed by atoms with van der Waals surface area (Å²) in [6, 6.07) is 5.51. The molecule has 1 heterocycles. The van der Waals surface area contributed by atoms with Crippen LogP contribution in [0.3, 0.4) is 0 Å². The highest BCUT2D eigenvalue weighted by molar-refractivity contribution is 6.01. The van der Waals surface area contributed by atoms with Gasteiger partial charge in [-0.15, -0.1) is 11.5 Å². The molecule has 1 aromatic carbocycles. The van der Waals surface area contributed by atoms with Gasteiger partial charge in [-0.25, -0.2) is 9.59 Å². The van der Waals surface area contributed by atoms with Gasteiger partial charge in [0, 0.05) is 19.3 Å². The maximum Gasteiger partial charge on any atom is 0.408 e. The fourth-order valence-electron chi connectivity index (χ4n) is 2.54. The first-order valence-electron chi connectivity index (χ1n) is 9.31. The van der Waals surface area contributed by atoms with E-state index in [2.05, 4.69) is 11.2 Å². The zero-order valence-corrected chi connectivity index (χ0v) is 17.1. The largest absolute Gasteiger partial charge is 0.481 e. The number of amides is 3. The van der Waals surface area contributed by atoms with Crippen LogP contribution in [0.1, 0.15) is 39.2 Å². The van der Waals surface area contributed by atoms with E-state index in [1.807, 2.05) is 0 Å². The quantitative estimate of drug-likeness (QED) is 0.532. The summed E-state index contributed by atoms with van der Waals surface area (Å²) in [4.78, 5) is 53.2. The van der Waals surface area contributed by atoms with Crippen LogP contribution in [-0.4, -0.2) is 47.2 Å². The number of imide groups is 1. The number of carbonyl (C=O) groups excluding carboxylic acids is 4. The Morgan fingerprint density at radius 3 is 2.30 bits per heavy atom. The van der Waals surface area contributed by atoms with Crippen LogP contribution in [0, 0.1) is 12.3 Å². The second kappa shape index (κ2) is 9.78. The van der Waals surface area contributed by atoms with Crippen molar-refractivity contribution in [1.29, 1.82) is 0 Å². The molecular formula is C21H24N2O7. The standard InChI is InChI=1S/C21H24N2O7/c1-5-12-28-15-8-6-14(7-9-15)13-16(22-20(27)29-21(2,3)4)19(26)30-23-17(24)10-11-18(23)25/h1,6-9,16H,10-13H2,2-4H3,(H,22,27). The lowest BCUT2D eigenvalue weighted by Gasteiger charge is -2.23. The first-order valence-corrected chi connectivity index (χ1v) is 9.31. The van der Waals surface area contributed by atoms with Crippen molar-refractivity contribution < 1.29 is 33.5 Å². The van der Waals surface area contributed by atoms with Gasteiger partial charge in [0.2, 0.25) is 0 Å². The highest BCUT2D eigenvalue weighted by atomic mass is 16.7. The second-order valence-corrected chi connectivity index (χ2v) is 7.53. The molecule has 3 amide bonds. The van der Waals surface area contributed by atoms with Gasteiger partial charge in [0.15, 0.2) is 0 Å². The van der Waals surface area contributed by atoms with Crippen LogP contribution in [-0.2, 0) is 30.4 Å². The molecule has 30 heavy (non-hydrogen) atoms. The summed E-state index contributed by atoms with van der Waals surface area (Å²) in [5.74, 6) is 0.716. The molecule has 0 spiro atoms. The van der Waals surface area contributed by atoms with Gasteiger partial charge in [0.25, 0.3) is 11.8 Å². The summed E-state index contributed by atoms with van der Waals surface area (Å²) in [6.45, 7) is 5.15. The Morgan fingerprint density at radius 1 is 1.17 bits per heavy atom. The molecule has 160 valence electrons. The molecule has 1 saturated heterocycles. The van der Waals surface area contributed by atoms with E-state index in [4.69, 9.17) is 20.7 Å². The minimum atomic E-state index is -1.20. The topological polar surface area (TPSA) is 111 Å². The molecule has 0 aromatic heterocycles. The molecule has 1 N–H and O–H groups in total. The van der Waals surface area contributed by atoms with E-state index >= 15 is 0 Å². The SMILES string of the molecule is C#CCOc1ccc(CC(NC(=O)OC(C)(C)C)C(=O)ON2C(=O)CCC2=O)cc1. The van der Waals surface area contributed by atoms with Gasteiger partial charge in [-0.1, -0.05) is 18.1 Å². The zero-order valence-electron chi connectivity index (χ0n) is 17.1. The van der Waals surface area contributed by atoms with Crippen molar-refractivity contribution in [2.75, 3.05) is 6.61 Å². The Bertz CT molecular complexity index is 834. The number of nitrogens with one attached hydrogen (secondary N) is 1. The summed E-state index contributed by atoms with van der Waals surface area (Å²) in [6.07, 6.45) is 4.28. The Balaban J connectivity index is 2.12. The normalized spacial score (nSPS) is 14.7. The lowest BCUT2D eigenvalue weighted by atomic mass is 10.1. The summed E-state index contributed by atoms with van der Waals surface area (Å²) in [7, 11) is 0. The molecule has 1 aliphatic rings. The van der Waals surface area contributed by atoms with Gasteiger partial charge in [0.05, 0.1) is 0 Å². The maximum atomic E-state index is 12.6. The number of rotatable bonds is 7. The molecular weight excluding hydrogens is 392 g/mol. The third-order valence-corrected chi connectivity index (χ3v) is 3.85. The van der Waals surface area contributed by atoms with Gasteiger partial charge in [-0.05, 0) is 38.5 Å². The Hall–Kier alpha value is -3.54. The van der Waals surface area contributed by atoms with E-state index in [0.29, 0.717) is 16.4 Å². The van der Waals surface area contributed by atoms with Crippen LogP contribution in [0.2, 0.25) is 0 Å². The van der Waals surface area contributed by atoms with E-state index < -0.39 is 35.5 Å². The first-order chi connectivity index (χ1) is 14.1. The molecule has 2 rings (SSSR count). The van der Waals surface area contributed by atoms with Crippen LogP contribution in [0.15, 0.2) is 24.3 Å². The molecule has 0 radical (unpaired) electrons. The predicted molar refractivity (Wildman–Crippen MR) is 105 cm³/mol. The van der Waals surface area contributed by atoms with E-state index in [-0.39, 0.29) is 25.9 Å². The number of nitrogens with zero attached hydrogens (tertiary/aromatic N) is 1. The summed E-state index contributed by atoms with van der Waals surface area (Å²) in [5, 5.41) is 2.86. The van der Waals surface area contributed by atoms with Gasteiger partial charge >= 0.3 is 12.1 Å². The molecule has 0 bridgehead atoms. The third kappa shape index (κ3) is 6.81. The second-order valence-electron chi connectivity index (χ2n) is 7.53. The molecule has 1 aliphatic heterocycles. The number of alkyl carbamates (subject to hydrolysis) is 1. The van der Waals surface area contributed by atoms with Gasteiger partial charge in [0.1, 0.15) is 24.0 Å². The minimum Gasteiger partial charge on any atom is -0.481 e. The van der Waals surface area contributed by atoms with Crippen LogP contribution < -0.4 is 10.1 Å². The summed E-state index contributed by atoms with van der Waals surface area (Å²) in [5.41, 5.74) is -0.116. The van der Waals surface area contributed by atoms with Crippen molar-refractivity contribution in [3.05, 3.63) is 29.8 Å². The molecule has 1 unspecified atom stereocenters. The van der Waals surface area contributed by atoms with Crippen molar-refractivity contribution in [2.24, 2.45) is 0 Å². The monoisotopic (exact) mass is 416 g/mol. The number of ether oxygens (including phenoxy) is 2. The number of benzene rings is 1. The number of hydrogen-bond donors (Lipinski definition) is 1. The molecule has 9 heteroatoms. The number of hydroxylamine groups is 2. The third-order valence-electron chi connectivity index (χ3n) is 3.85. The number of hydrogen-bond acceptors (Lipinski definition) is 7. The van der Waals surface area contributed by atoms with Gasteiger partial charge in [-0.2, -0.15) is 0 Å². The average Bonchev–Trinajstić information content (AvgIpc) is 2.97. The summed E-state index contributed by atoms with van der Waals surface area (Å²) >= 11 is 0. The van der Waals surface area contributed by atoms with Crippen LogP contribution in [0.5, 0.6) is 5.75 Å². The van der Waals surface area contributed by atoms with Gasteiger partial charge in [-0.3, -0.25) is 9.59 Å². The molecule has 9 nitrogen and oxygen atoms in total. The lowest BCUT2D eigenvalue weighted by Crippen LogP contribution is -2.48. The molecule has 1 atom stereocenters.